The van der Waals surface area contributed by atoms with Crippen LogP contribution in [0.1, 0.15) is 37.3 Å². The smallest absolute Gasteiger partial charge is 0.226 e. The van der Waals surface area contributed by atoms with E-state index in [9.17, 15) is 4.79 Å². The van der Waals surface area contributed by atoms with Crippen molar-refractivity contribution < 1.29 is 4.79 Å². The molecule has 1 N–H and O–H groups in total. The molecule has 2 aromatic carbocycles. The second-order valence-electron chi connectivity index (χ2n) is 6.35. The summed E-state index contributed by atoms with van der Waals surface area (Å²) in [4.78, 5) is 16.6. The molecule has 1 aromatic heterocycles. The van der Waals surface area contributed by atoms with Crippen LogP contribution in [0.3, 0.4) is 0 Å². The first-order valence-corrected chi connectivity index (χ1v) is 9.39. The van der Waals surface area contributed by atoms with Crippen molar-refractivity contribution in [2.75, 3.05) is 5.32 Å². The van der Waals surface area contributed by atoms with Crippen LogP contribution in [0.25, 0.3) is 11.3 Å². The lowest BCUT2D eigenvalue weighted by Gasteiger charge is -2.05. The zero-order valence-electron chi connectivity index (χ0n) is 14.5. The van der Waals surface area contributed by atoms with Crippen LogP contribution < -0.4 is 5.32 Å². The van der Waals surface area contributed by atoms with Crippen LogP contribution in [0.2, 0.25) is 0 Å². The molecule has 0 aliphatic heterocycles. The van der Waals surface area contributed by atoms with Gasteiger partial charge in [0.2, 0.25) is 5.91 Å². The largest absolute Gasteiger partial charge is 0.302 e. The summed E-state index contributed by atoms with van der Waals surface area (Å²) in [7, 11) is 0. The van der Waals surface area contributed by atoms with E-state index in [0.717, 1.165) is 17.7 Å². The van der Waals surface area contributed by atoms with Gasteiger partial charge in [-0.2, -0.15) is 0 Å². The predicted octanol–water partition coefficient (Wildman–Crippen LogP) is 5.50. The predicted molar refractivity (Wildman–Crippen MR) is 105 cm³/mol. The Bertz CT molecular complexity index is 823. The van der Waals surface area contributed by atoms with Crippen LogP contribution in [0.15, 0.2) is 60.0 Å². The van der Waals surface area contributed by atoms with Gasteiger partial charge in [0.05, 0.1) is 5.69 Å². The molecule has 0 fully saturated rings. The molecule has 0 saturated heterocycles. The Morgan fingerprint density at radius 2 is 1.80 bits per heavy atom. The zero-order valence-corrected chi connectivity index (χ0v) is 15.3. The van der Waals surface area contributed by atoms with Gasteiger partial charge in [-0.25, -0.2) is 4.98 Å². The number of carbonyl (C=O) groups is 1. The monoisotopic (exact) mass is 350 g/mol. The minimum Gasteiger partial charge on any atom is -0.302 e. The van der Waals surface area contributed by atoms with E-state index in [1.54, 1.807) is 0 Å². The molecule has 0 unspecified atom stereocenters. The normalized spacial score (nSPS) is 10.8. The molecule has 0 aliphatic carbocycles. The van der Waals surface area contributed by atoms with Gasteiger partial charge in [-0.1, -0.05) is 68.4 Å². The number of aromatic nitrogens is 1. The molecule has 1 amide bonds. The van der Waals surface area contributed by atoms with Crippen LogP contribution >= 0.6 is 11.3 Å². The molecule has 3 nitrogen and oxygen atoms in total. The number of nitrogens with zero attached hydrogens (tertiary/aromatic N) is 1. The third-order valence-electron chi connectivity index (χ3n) is 4.11. The van der Waals surface area contributed by atoms with Crippen molar-refractivity contribution in [3.8, 4) is 11.3 Å². The lowest BCUT2D eigenvalue weighted by atomic mass is 10.0. The second-order valence-corrected chi connectivity index (χ2v) is 7.21. The van der Waals surface area contributed by atoms with Gasteiger partial charge in [-0.05, 0) is 23.5 Å². The van der Waals surface area contributed by atoms with Gasteiger partial charge in [0.25, 0.3) is 0 Å². The number of rotatable bonds is 6. The highest BCUT2D eigenvalue weighted by Gasteiger charge is 2.09. The molecule has 128 valence electrons. The van der Waals surface area contributed by atoms with Gasteiger partial charge in [0, 0.05) is 17.4 Å². The second kappa shape index (κ2) is 8.08. The topological polar surface area (TPSA) is 42.0 Å². The van der Waals surface area contributed by atoms with Crippen molar-refractivity contribution >= 4 is 22.4 Å². The van der Waals surface area contributed by atoms with Crippen molar-refractivity contribution in [1.29, 1.82) is 0 Å². The lowest BCUT2D eigenvalue weighted by molar-refractivity contribution is -0.116. The Morgan fingerprint density at radius 3 is 2.48 bits per heavy atom. The number of anilines is 1. The zero-order chi connectivity index (χ0) is 17.6. The Labute approximate surface area is 152 Å². The maximum atomic E-state index is 12.1. The molecule has 4 heteroatoms. The average Bonchev–Trinajstić information content (AvgIpc) is 3.09. The number of aryl methyl sites for hydroxylation is 1. The van der Waals surface area contributed by atoms with Gasteiger partial charge in [-0.15, -0.1) is 11.3 Å². The van der Waals surface area contributed by atoms with E-state index in [1.165, 1.54) is 22.5 Å². The maximum absolute atomic E-state index is 12.1. The summed E-state index contributed by atoms with van der Waals surface area (Å²) in [5.41, 5.74) is 4.46. The average molecular weight is 350 g/mol. The summed E-state index contributed by atoms with van der Waals surface area (Å²) >= 11 is 1.46. The molecular formula is C21H22N2OS. The van der Waals surface area contributed by atoms with Gasteiger partial charge in [0.1, 0.15) is 0 Å². The fourth-order valence-electron chi connectivity index (χ4n) is 2.59. The maximum Gasteiger partial charge on any atom is 0.226 e. The Morgan fingerprint density at radius 1 is 1.08 bits per heavy atom. The molecular weight excluding hydrogens is 328 g/mol. The molecule has 0 spiro atoms. The van der Waals surface area contributed by atoms with E-state index in [4.69, 9.17) is 0 Å². The number of amides is 1. The summed E-state index contributed by atoms with van der Waals surface area (Å²) in [6, 6.07) is 18.5. The van der Waals surface area contributed by atoms with E-state index in [0.29, 0.717) is 17.5 Å². The highest BCUT2D eigenvalue weighted by Crippen LogP contribution is 2.26. The first kappa shape index (κ1) is 17.4. The fourth-order valence-corrected chi connectivity index (χ4v) is 3.32. The lowest BCUT2D eigenvalue weighted by Crippen LogP contribution is -2.12. The highest BCUT2D eigenvalue weighted by molar-refractivity contribution is 7.14. The quantitative estimate of drug-likeness (QED) is 0.637. The first-order valence-electron chi connectivity index (χ1n) is 8.51. The van der Waals surface area contributed by atoms with Gasteiger partial charge in [-0.3, -0.25) is 4.79 Å². The molecule has 0 radical (unpaired) electrons. The summed E-state index contributed by atoms with van der Waals surface area (Å²) in [6.45, 7) is 4.36. The highest BCUT2D eigenvalue weighted by atomic mass is 32.1. The van der Waals surface area contributed by atoms with Gasteiger partial charge < -0.3 is 5.32 Å². The van der Waals surface area contributed by atoms with E-state index < -0.39 is 0 Å². The van der Waals surface area contributed by atoms with Crippen LogP contribution in [0.5, 0.6) is 0 Å². The number of carbonyl (C=O) groups excluding carboxylic acids is 1. The minimum absolute atomic E-state index is 0.0000845. The molecule has 3 aromatic rings. The number of nitrogens with one attached hydrogen (secondary N) is 1. The van der Waals surface area contributed by atoms with Crippen molar-refractivity contribution in [2.45, 2.75) is 32.6 Å². The van der Waals surface area contributed by atoms with Gasteiger partial charge >= 0.3 is 0 Å². The molecule has 0 bridgehead atoms. The standard InChI is InChI=1S/C21H22N2OS/c1-15(2)17-9-11-18(12-10-17)19-14-25-21(22-19)23-20(24)13-8-16-6-4-3-5-7-16/h3-7,9-12,14-15H,8,13H2,1-2H3,(H,22,23,24). The van der Waals surface area contributed by atoms with Crippen molar-refractivity contribution in [3.05, 3.63) is 71.1 Å². The molecule has 3 rings (SSSR count). The first-order chi connectivity index (χ1) is 12.1. The number of thiazole rings is 1. The molecule has 1 heterocycles. The van der Waals surface area contributed by atoms with Crippen LogP contribution in [0, 0.1) is 0 Å². The van der Waals surface area contributed by atoms with Crippen LogP contribution in [0.4, 0.5) is 5.13 Å². The number of hydrogen-bond donors (Lipinski definition) is 1. The van der Waals surface area contributed by atoms with E-state index in [-0.39, 0.29) is 5.91 Å². The van der Waals surface area contributed by atoms with Crippen molar-refractivity contribution in [1.82, 2.24) is 4.98 Å². The fraction of sp³-hybridized carbons (Fsp3) is 0.238. The Hall–Kier alpha value is -2.46. The van der Waals surface area contributed by atoms with Gasteiger partial charge in [0.15, 0.2) is 5.13 Å². The SMILES string of the molecule is CC(C)c1ccc(-c2csc(NC(=O)CCc3ccccc3)n2)cc1. The third-order valence-corrected chi connectivity index (χ3v) is 4.86. The molecule has 0 saturated carbocycles. The summed E-state index contributed by atoms with van der Waals surface area (Å²) in [5, 5.41) is 5.54. The van der Waals surface area contributed by atoms with Crippen LogP contribution in [-0.4, -0.2) is 10.9 Å². The molecule has 0 aliphatic rings. The molecule has 0 atom stereocenters. The van der Waals surface area contributed by atoms with E-state index in [2.05, 4.69) is 48.4 Å². The minimum atomic E-state index is -0.0000845. The summed E-state index contributed by atoms with van der Waals surface area (Å²) < 4.78 is 0. The Balaban J connectivity index is 1.58. The number of benzene rings is 2. The Kier molecular flexibility index (Phi) is 5.61. The van der Waals surface area contributed by atoms with Crippen molar-refractivity contribution in [2.24, 2.45) is 0 Å². The van der Waals surface area contributed by atoms with E-state index >= 15 is 0 Å². The van der Waals surface area contributed by atoms with Crippen LogP contribution in [-0.2, 0) is 11.2 Å². The van der Waals surface area contributed by atoms with Crippen molar-refractivity contribution in [3.63, 3.8) is 0 Å². The summed E-state index contributed by atoms with van der Waals surface area (Å²) in [5.74, 6) is 0.517. The summed E-state index contributed by atoms with van der Waals surface area (Å²) in [6.07, 6.45) is 1.20. The van der Waals surface area contributed by atoms with E-state index in [1.807, 2.05) is 35.7 Å². The number of hydrogen-bond acceptors (Lipinski definition) is 3. The third kappa shape index (κ3) is 4.77. The molecule has 25 heavy (non-hydrogen) atoms.